The molecule has 0 amide bonds. The maximum atomic E-state index is 10.5. The standard InChI is InChI=1S/C18H24O2/c1-13(7-5-8-14(2)12-18(19)20)11-17-10-6-9-15(3)16(17)4/h5,7-8,11-12H,6,9-10H2,1-4H3,(H,19,20)/b8-5+,13-7+,14-12+,17-11?. The molecule has 0 fully saturated rings. The van der Waals surface area contributed by atoms with Crippen molar-refractivity contribution in [1.82, 2.24) is 0 Å². The fourth-order valence-corrected chi connectivity index (χ4v) is 2.29. The summed E-state index contributed by atoms with van der Waals surface area (Å²) in [5, 5.41) is 8.62. The van der Waals surface area contributed by atoms with Gasteiger partial charge >= 0.3 is 5.97 Å². The summed E-state index contributed by atoms with van der Waals surface area (Å²) in [5.41, 5.74) is 6.27. The number of carboxylic acid groups (broad SMARTS) is 1. The molecule has 0 aliphatic heterocycles. The van der Waals surface area contributed by atoms with Crippen LogP contribution >= 0.6 is 0 Å². The van der Waals surface area contributed by atoms with Gasteiger partial charge < -0.3 is 5.11 Å². The van der Waals surface area contributed by atoms with Gasteiger partial charge in [-0.3, -0.25) is 0 Å². The summed E-state index contributed by atoms with van der Waals surface area (Å²) in [5.74, 6) is -0.909. The third-order valence-corrected chi connectivity index (χ3v) is 3.59. The van der Waals surface area contributed by atoms with Gasteiger partial charge in [-0.15, -0.1) is 0 Å². The van der Waals surface area contributed by atoms with Crippen LogP contribution in [0.25, 0.3) is 0 Å². The van der Waals surface area contributed by atoms with E-state index in [1.165, 1.54) is 41.2 Å². The van der Waals surface area contributed by atoms with Crippen molar-refractivity contribution in [3.05, 3.63) is 58.2 Å². The predicted molar refractivity (Wildman–Crippen MR) is 84.6 cm³/mol. The van der Waals surface area contributed by atoms with Gasteiger partial charge in [0.05, 0.1) is 0 Å². The summed E-state index contributed by atoms with van der Waals surface area (Å²) in [7, 11) is 0. The highest BCUT2D eigenvalue weighted by atomic mass is 16.4. The van der Waals surface area contributed by atoms with E-state index >= 15 is 0 Å². The van der Waals surface area contributed by atoms with Crippen LogP contribution in [0.3, 0.4) is 0 Å². The van der Waals surface area contributed by atoms with Crippen LogP contribution in [0.2, 0.25) is 0 Å². The van der Waals surface area contributed by atoms with Crippen LogP contribution in [0.5, 0.6) is 0 Å². The van der Waals surface area contributed by atoms with E-state index in [1.54, 1.807) is 6.92 Å². The lowest BCUT2D eigenvalue weighted by Crippen LogP contribution is -1.98. The van der Waals surface area contributed by atoms with Gasteiger partial charge in [0.25, 0.3) is 0 Å². The first-order chi connectivity index (χ1) is 9.40. The minimum Gasteiger partial charge on any atom is -0.478 e. The summed E-state index contributed by atoms with van der Waals surface area (Å²) < 4.78 is 0. The molecular formula is C18H24O2. The van der Waals surface area contributed by atoms with E-state index in [9.17, 15) is 4.79 Å². The number of rotatable bonds is 4. The average Bonchev–Trinajstić information content (AvgIpc) is 2.34. The summed E-state index contributed by atoms with van der Waals surface area (Å²) in [4.78, 5) is 10.5. The number of carboxylic acids is 1. The van der Waals surface area contributed by atoms with Crippen LogP contribution < -0.4 is 0 Å². The molecule has 0 aromatic carbocycles. The van der Waals surface area contributed by atoms with Crippen LogP contribution in [-0.2, 0) is 4.79 Å². The van der Waals surface area contributed by atoms with Crippen molar-refractivity contribution in [3.8, 4) is 0 Å². The summed E-state index contributed by atoms with van der Waals surface area (Å²) in [6.45, 7) is 8.26. The summed E-state index contributed by atoms with van der Waals surface area (Å²) in [6.07, 6.45) is 12.8. The minimum absolute atomic E-state index is 0.735. The molecule has 0 bridgehead atoms. The van der Waals surface area contributed by atoms with E-state index in [-0.39, 0.29) is 0 Å². The lowest BCUT2D eigenvalue weighted by Gasteiger charge is -2.18. The van der Waals surface area contributed by atoms with E-state index in [2.05, 4.69) is 26.8 Å². The molecule has 2 nitrogen and oxygen atoms in total. The van der Waals surface area contributed by atoms with Gasteiger partial charge in [0, 0.05) is 6.08 Å². The van der Waals surface area contributed by atoms with Crippen molar-refractivity contribution in [2.45, 2.75) is 47.0 Å². The van der Waals surface area contributed by atoms with Crippen LogP contribution in [0, 0.1) is 0 Å². The molecule has 1 aliphatic rings. The molecule has 0 aromatic rings. The molecule has 0 unspecified atom stereocenters. The van der Waals surface area contributed by atoms with Gasteiger partial charge in [-0.25, -0.2) is 4.79 Å². The topological polar surface area (TPSA) is 37.3 Å². The Morgan fingerprint density at radius 1 is 1.15 bits per heavy atom. The maximum absolute atomic E-state index is 10.5. The van der Waals surface area contributed by atoms with Gasteiger partial charge in [0.1, 0.15) is 0 Å². The van der Waals surface area contributed by atoms with Gasteiger partial charge in [0.15, 0.2) is 0 Å². The number of hydrogen-bond acceptors (Lipinski definition) is 1. The number of aliphatic carboxylic acids is 1. The van der Waals surface area contributed by atoms with Crippen LogP contribution in [-0.4, -0.2) is 11.1 Å². The first-order valence-electron chi connectivity index (χ1n) is 7.03. The van der Waals surface area contributed by atoms with Gasteiger partial charge in [0.2, 0.25) is 0 Å². The molecule has 0 saturated carbocycles. The Labute approximate surface area is 121 Å². The Bertz CT molecular complexity index is 526. The quantitative estimate of drug-likeness (QED) is 0.579. The number of carbonyl (C=O) groups is 1. The van der Waals surface area contributed by atoms with Gasteiger partial charge in [-0.2, -0.15) is 0 Å². The molecule has 108 valence electrons. The lowest BCUT2D eigenvalue weighted by molar-refractivity contribution is -0.131. The monoisotopic (exact) mass is 272 g/mol. The first kappa shape index (κ1) is 16.2. The van der Waals surface area contributed by atoms with Crippen molar-refractivity contribution in [3.63, 3.8) is 0 Å². The van der Waals surface area contributed by atoms with Crippen molar-refractivity contribution in [1.29, 1.82) is 0 Å². The summed E-state index contributed by atoms with van der Waals surface area (Å²) in [6, 6.07) is 0. The lowest BCUT2D eigenvalue weighted by atomic mass is 9.88. The van der Waals surface area contributed by atoms with E-state index in [1.807, 2.05) is 18.2 Å². The Balaban J connectivity index is 2.78. The Kier molecular flexibility index (Phi) is 6.23. The van der Waals surface area contributed by atoms with Crippen molar-refractivity contribution < 1.29 is 9.90 Å². The third-order valence-electron chi connectivity index (χ3n) is 3.59. The van der Waals surface area contributed by atoms with Gasteiger partial charge in [-0.1, -0.05) is 35.5 Å². The SMILES string of the molecule is CC1=C(C)C(=C/C(C)=C/C=C/C(C)=C/C(=O)O)CCC1. The second kappa shape index (κ2) is 7.68. The van der Waals surface area contributed by atoms with Crippen LogP contribution in [0.15, 0.2) is 58.2 Å². The summed E-state index contributed by atoms with van der Waals surface area (Å²) >= 11 is 0. The van der Waals surface area contributed by atoms with E-state index in [0.717, 1.165) is 12.0 Å². The number of allylic oxidation sites excluding steroid dienone is 9. The molecule has 1 N–H and O–H groups in total. The first-order valence-corrected chi connectivity index (χ1v) is 7.03. The van der Waals surface area contributed by atoms with Crippen molar-refractivity contribution >= 4 is 5.97 Å². The Morgan fingerprint density at radius 2 is 1.85 bits per heavy atom. The molecule has 0 saturated heterocycles. The third kappa shape index (κ3) is 5.43. The molecule has 1 aliphatic carbocycles. The highest BCUT2D eigenvalue weighted by Gasteiger charge is 2.09. The zero-order valence-corrected chi connectivity index (χ0v) is 12.9. The minimum atomic E-state index is -0.909. The van der Waals surface area contributed by atoms with Crippen LogP contribution in [0.4, 0.5) is 0 Å². The molecule has 20 heavy (non-hydrogen) atoms. The Morgan fingerprint density at radius 3 is 2.50 bits per heavy atom. The van der Waals surface area contributed by atoms with Crippen LogP contribution in [0.1, 0.15) is 47.0 Å². The molecule has 0 atom stereocenters. The maximum Gasteiger partial charge on any atom is 0.328 e. The highest BCUT2D eigenvalue weighted by Crippen LogP contribution is 2.29. The highest BCUT2D eigenvalue weighted by molar-refractivity contribution is 5.81. The smallest absolute Gasteiger partial charge is 0.328 e. The molecule has 0 aromatic heterocycles. The molecule has 0 heterocycles. The molecule has 2 heteroatoms. The van der Waals surface area contributed by atoms with E-state index < -0.39 is 5.97 Å². The zero-order chi connectivity index (χ0) is 15.1. The fourth-order valence-electron chi connectivity index (χ4n) is 2.29. The van der Waals surface area contributed by atoms with Crippen molar-refractivity contribution in [2.24, 2.45) is 0 Å². The molecule has 0 radical (unpaired) electrons. The molecular weight excluding hydrogens is 248 g/mol. The normalized spacial score (nSPS) is 20.1. The largest absolute Gasteiger partial charge is 0.478 e. The van der Waals surface area contributed by atoms with E-state index in [4.69, 9.17) is 5.11 Å². The second-order valence-corrected chi connectivity index (χ2v) is 5.42. The van der Waals surface area contributed by atoms with E-state index in [0.29, 0.717) is 0 Å². The molecule has 1 rings (SSSR count). The van der Waals surface area contributed by atoms with Gasteiger partial charge in [-0.05, 0) is 63.7 Å². The second-order valence-electron chi connectivity index (χ2n) is 5.42. The predicted octanol–water partition coefficient (Wildman–Crippen LogP) is 4.97. The zero-order valence-electron chi connectivity index (χ0n) is 12.9. The Hall–Kier alpha value is -1.83. The van der Waals surface area contributed by atoms with Crippen molar-refractivity contribution in [2.75, 3.05) is 0 Å². The average molecular weight is 272 g/mol. The fraction of sp³-hybridized carbons (Fsp3) is 0.389. The number of hydrogen-bond donors (Lipinski definition) is 1. The molecule has 0 spiro atoms.